The Morgan fingerprint density at radius 3 is 1.48 bits per heavy atom. The van der Waals surface area contributed by atoms with Gasteiger partial charge in [-0.15, -0.1) is 0 Å². The molecule has 1 fully saturated rings. The lowest BCUT2D eigenvalue weighted by Crippen LogP contribution is -2.69. The number of ether oxygens (including phenoxy) is 5. The summed E-state index contributed by atoms with van der Waals surface area (Å²) in [6, 6.07) is 10.7. The van der Waals surface area contributed by atoms with Gasteiger partial charge < -0.3 is 34.1 Å². The van der Waals surface area contributed by atoms with E-state index in [4.69, 9.17) is 23.7 Å². The molecule has 1 saturated heterocycles. The van der Waals surface area contributed by atoms with Crippen molar-refractivity contribution in [3.05, 3.63) is 36.4 Å². The third-order valence-electron chi connectivity index (χ3n) is 8.08. The van der Waals surface area contributed by atoms with Crippen LogP contribution in [0.5, 0.6) is 0 Å². The van der Waals surface area contributed by atoms with Gasteiger partial charge in [0.1, 0.15) is 18.7 Å². The van der Waals surface area contributed by atoms with E-state index in [9.17, 15) is 19.2 Å². The summed E-state index contributed by atoms with van der Waals surface area (Å²) in [6.45, 7) is 19.4. The number of esters is 4. The predicted octanol–water partition coefficient (Wildman–Crippen LogP) is 5.94. The summed E-state index contributed by atoms with van der Waals surface area (Å²) < 4.78 is 30.9. The molecule has 2 N–H and O–H groups in total. The van der Waals surface area contributed by atoms with Crippen LogP contribution in [-0.4, -0.2) is 67.9 Å². The average molecular weight is 667 g/mol. The van der Waals surface area contributed by atoms with Gasteiger partial charge in [-0.05, 0) is 101 Å². The molecule has 262 valence electrons. The quantitative estimate of drug-likeness (QED) is 0.215. The van der Waals surface area contributed by atoms with Crippen LogP contribution in [0.15, 0.2) is 36.4 Å². The number of anilines is 2. The lowest BCUT2D eigenvalue weighted by molar-refractivity contribution is -0.248. The van der Waals surface area contributed by atoms with E-state index in [1.165, 1.54) is 0 Å². The maximum atomic E-state index is 13.6. The van der Waals surface area contributed by atoms with Gasteiger partial charge >= 0.3 is 30.9 Å². The molecule has 48 heavy (non-hydrogen) atoms. The van der Waals surface area contributed by atoms with E-state index in [0.29, 0.717) is 0 Å². The number of nitrogens with one attached hydrogen (secondary N) is 2. The maximum absolute atomic E-state index is 13.6. The van der Waals surface area contributed by atoms with Gasteiger partial charge in [0.15, 0.2) is 18.3 Å². The number of hydrogen-bond acceptors (Lipinski definition) is 11. The number of rotatable bonds is 6. The topological polar surface area (TPSA) is 138 Å². The van der Waals surface area contributed by atoms with Crippen molar-refractivity contribution in [1.82, 2.24) is 0 Å². The van der Waals surface area contributed by atoms with Crippen LogP contribution in [0.25, 0.3) is 10.8 Å². The SMILES string of the molecule is CC(C)(C)C(=O)OC[C@H]1OC(B2Nc3cccc4cccc(c34)N2)[C@H](OC(=O)C(C)(C)C)[C@@H](OC(=O)C(C)(C)C)[C@@H]1OC(=O)C(C)(C)C. The van der Waals surface area contributed by atoms with Crippen LogP contribution in [0.3, 0.4) is 0 Å². The average Bonchev–Trinajstić information content (AvgIpc) is 2.95. The molecule has 5 atom stereocenters. The van der Waals surface area contributed by atoms with Gasteiger partial charge in [0.05, 0.1) is 21.7 Å². The Morgan fingerprint density at radius 1 is 0.625 bits per heavy atom. The van der Waals surface area contributed by atoms with Crippen LogP contribution >= 0.6 is 0 Å². The van der Waals surface area contributed by atoms with Crippen LogP contribution in [0.1, 0.15) is 83.1 Å². The third-order valence-corrected chi connectivity index (χ3v) is 8.08. The molecular weight excluding hydrogens is 615 g/mol. The minimum atomic E-state index is -1.33. The van der Waals surface area contributed by atoms with Crippen LogP contribution in [0.4, 0.5) is 11.4 Å². The Hall–Kier alpha value is -3.80. The first-order valence-electron chi connectivity index (χ1n) is 16.5. The molecule has 0 amide bonds. The highest BCUT2D eigenvalue weighted by Crippen LogP contribution is 2.39. The third kappa shape index (κ3) is 8.25. The van der Waals surface area contributed by atoms with Crippen molar-refractivity contribution in [3.8, 4) is 0 Å². The van der Waals surface area contributed by atoms with Crippen molar-refractivity contribution in [2.75, 3.05) is 17.1 Å². The Kier molecular flexibility index (Phi) is 10.2. The van der Waals surface area contributed by atoms with Crippen LogP contribution in [0.2, 0.25) is 0 Å². The lowest BCUT2D eigenvalue weighted by Gasteiger charge is -2.48. The second kappa shape index (κ2) is 13.3. The van der Waals surface area contributed by atoms with E-state index < -0.39 is 82.9 Å². The van der Waals surface area contributed by atoms with Gasteiger partial charge in [-0.1, -0.05) is 24.3 Å². The molecule has 2 aliphatic rings. The lowest BCUT2D eigenvalue weighted by atomic mass is 9.62. The predicted molar refractivity (Wildman–Crippen MR) is 184 cm³/mol. The Morgan fingerprint density at radius 2 is 1.04 bits per heavy atom. The summed E-state index contributed by atoms with van der Waals surface area (Å²) in [5, 5.41) is 8.95. The van der Waals surface area contributed by atoms with E-state index >= 15 is 0 Å². The molecule has 11 nitrogen and oxygen atoms in total. The molecule has 0 bridgehead atoms. The molecule has 4 rings (SSSR count). The highest BCUT2D eigenvalue weighted by Gasteiger charge is 2.58. The first-order chi connectivity index (χ1) is 22.0. The molecule has 0 aromatic heterocycles. The van der Waals surface area contributed by atoms with Crippen molar-refractivity contribution in [2.24, 2.45) is 21.7 Å². The first-order valence-corrected chi connectivity index (χ1v) is 16.5. The summed E-state index contributed by atoms with van der Waals surface area (Å²) in [5.74, 6) is -2.28. The van der Waals surface area contributed by atoms with Gasteiger partial charge in [-0.25, -0.2) is 0 Å². The fourth-order valence-electron chi connectivity index (χ4n) is 5.15. The Bertz CT molecular complexity index is 1510. The smallest absolute Gasteiger partial charge is 0.405 e. The molecule has 0 spiro atoms. The Labute approximate surface area is 284 Å². The van der Waals surface area contributed by atoms with E-state index in [1.807, 2.05) is 36.4 Å². The molecule has 0 aliphatic carbocycles. The molecule has 0 saturated carbocycles. The number of carbonyl (C=O) groups excluding carboxylic acids is 4. The van der Waals surface area contributed by atoms with Gasteiger partial charge in [0.2, 0.25) is 0 Å². The monoisotopic (exact) mass is 666 g/mol. The molecule has 0 radical (unpaired) electrons. The summed E-state index contributed by atoms with van der Waals surface area (Å²) in [5.41, 5.74) is -2.05. The van der Waals surface area contributed by atoms with E-state index in [1.54, 1.807) is 83.1 Å². The first kappa shape index (κ1) is 37.0. The largest absolute Gasteiger partial charge is 0.462 e. The summed E-state index contributed by atoms with van der Waals surface area (Å²) in [4.78, 5) is 53.6. The highest BCUT2D eigenvalue weighted by molar-refractivity contribution is 6.69. The Balaban J connectivity index is 1.86. The van der Waals surface area contributed by atoms with Crippen molar-refractivity contribution in [3.63, 3.8) is 0 Å². The summed E-state index contributed by atoms with van der Waals surface area (Å²) in [7, 11) is 0. The molecule has 2 aromatic rings. The van der Waals surface area contributed by atoms with Crippen molar-refractivity contribution >= 4 is 53.0 Å². The molecule has 2 aromatic carbocycles. The van der Waals surface area contributed by atoms with Crippen molar-refractivity contribution < 1.29 is 42.9 Å². The van der Waals surface area contributed by atoms with E-state index in [-0.39, 0.29) is 6.61 Å². The van der Waals surface area contributed by atoms with Gasteiger partial charge in [0.25, 0.3) is 0 Å². The summed E-state index contributed by atoms with van der Waals surface area (Å²) in [6.07, 6.45) is -5.00. The minimum Gasteiger partial charge on any atom is -0.462 e. The molecule has 2 aliphatic heterocycles. The fourth-order valence-corrected chi connectivity index (χ4v) is 5.15. The van der Waals surface area contributed by atoms with Crippen LogP contribution in [0, 0.1) is 21.7 Å². The summed E-state index contributed by atoms with van der Waals surface area (Å²) >= 11 is 0. The number of carbonyl (C=O) groups is 4. The van der Waals surface area contributed by atoms with Gasteiger partial charge in [-0.3, -0.25) is 19.2 Å². The number of benzene rings is 2. The number of hydrogen-bond donors (Lipinski definition) is 2. The van der Waals surface area contributed by atoms with Crippen molar-refractivity contribution in [1.29, 1.82) is 0 Å². The normalized spacial score (nSPS) is 23.0. The standard InChI is InChI=1S/C36H51BN2O9/c1-33(2,3)29(40)44-19-23-25(46-30(41)34(4,5)6)26(47-31(42)35(7,8)9)27(48-32(43)36(10,11)12)28(45-23)37-38-21-17-13-15-20-16-14-18-22(39-37)24(20)21/h13-18,23,25-28,38-39H,19H2,1-12H3/t23-,25-,26+,27-,28?/m1/s1. The van der Waals surface area contributed by atoms with Crippen LogP contribution < -0.4 is 10.5 Å². The maximum Gasteiger partial charge on any atom is 0.405 e. The molecule has 1 unspecified atom stereocenters. The molecule has 12 heteroatoms. The van der Waals surface area contributed by atoms with Crippen molar-refractivity contribution in [2.45, 2.75) is 114 Å². The van der Waals surface area contributed by atoms with E-state index in [2.05, 4.69) is 10.5 Å². The van der Waals surface area contributed by atoms with E-state index in [0.717, 1.165) is 22.1 Å². The zero-order valence-electron chi connectivity index (χ0n) is 30.3. The second-order valence-electron chi connectivity index (χ2n) is 16.8. The van der Waals surface area contributed by atoms with Gasteiger partial charge in [0, 0.05) is 16.8 Å². The zero-order chi connectivity index (χ0) is 36.0. The highest BCUT2D eigenvalue weighted by atomic mass is 16.7. The molecular formula is C36H51BN2O9. The van der Waals surface area contributed by atoms with Gasteiger partial charge in [-0.2, -0.15) is 0 Å². The fraction of sp³-hybridized carbons (Fsp3) is 0.611. The minimum absolute atomic E-state index is 0.322. The molecule has 2 heterocycles. The zero-order valence-corrected chi connectivity index (χ0v) is 30.3. The van der Waals surface area contributed by atoms with Crippen LogP contribution in [-0.2, 0) is 42.9 Å². The second-order valence-corrected chi connectivity index (χ2v) is 16.8.